The molecule has 2 N–H and O–H groups in total. The summed E-state index contributed by atoms with van der Waals surface area (Å²) >= 11 is 0. The monoisotopic (exact) mass is 226 g/mol. The Morgan fingerprint density at radius 2 is 1.73 bits per heavy atom. The molecule has 0 amide bonds. The van der Waals surface area contributed by atoms with Crippen molar-refractivity contribution in [3.05, 3.63) is 0 Å². The number of halogens is 3. The van der Waals surface area contributed by atoms with Crippen molar-refractivity contribution in [2.75, 3.05) is 19.6 Å². The molecule has 0 bridgehead atoms. The van der Waals surface area contributed by atoms with Crippen molar-refractivity contribution in [3.63, 3.8) is 0 Å². The number of hydrogen-bond donors (Lipinski definition) is 1. The molecule has 5 heteroatoms. The molecule has 2 nitrogen and oxygen atoms in total. The van der Waals surface area contributed by atoms with E-state index in [4.69, 9.17) is 5.73 Å². The van der Waals surface area contributed by atoms with Crippen molar-refractivity contribution in [2.24, 2.45) is 5.73 Å². The van der Waals surface area contributed by atoms with Gasteiger partial charge in [0, 0.05) is 12.1 Å². The van der Waals surface area contributed by atoms with E-state index in [-0.39, 0.29) is 6.54 Å². The molecule has 0 saturated carbocycles. The van der Waals surface area contributed by atoms with Gasteiger partial charge in [-0.05, 0) is 19.9 Å². The van der Waals surface area contributed by atoms with Gasteiger partial charge in [0.2, 0.25) is 0 Å². The summed E-state index contributed by atoms with van der Waals surface area (Å²) in [6.45, 7) is 5.23. The average molecular weight is 226 g/mol. The van der Waals surface area contributed by atoms with Crippen LogP contribution in [0.5, 0.6) is 0 Å². The number of hydrogen-bond acceptors (Lipinski definition) is 2. The molecule has 0 aliphatic carbocycles. The van der Waals surface area contributed by atoms with Crippen molar-refractivity contribution in [3.8, 4) is 0 Å². The summed E-state index contributed by atoms with van der Waals surface area (Å²) in [6, 6.07) is 0. The SMILES string of the molecule is CCCC(C)(CN)N(CC)CC(F)(F)F. The first kappa shape index (κ1) is 14.7. The van der Waals surface area contributed by atoms with Crippen LogP contribution in [0.4, 0.5) is 13.2 Å². The normalized spacial score (nSPS) is 16.8. The van der Waals surface area contributed by atoms with Crippen molar-refractivity contribution in [1.82, 2.24) is 4.90 Å². The summed E-state index contributed by atoms with van der Waals surface area (Å²) in [5, 5.41) is 0. The van der Waals surface area contributed by atoms with Crippen molar-refractivity contribution >= 4 is 0 Å². The Kier molecular flexibility index (Phi) is 5.59. The fraction of sp³-hybridized carbons (Fsp3) is 1.00. The lowest BCUT2D eigenvalue weighted by atomic mass is 9.94. The maximum Gasteiger partial charge on any atom is 0.401 e. The van der Waals surface area contributed by atoms with Crippen LogP contribution < -0.4 is 5.73 Å². The molecule has 0 spiro atoms. The lowest BCUT2D eigenvalue weighted by Crippen LogP contribution is -2.54. The fourth-order valence-electron chi connectivity index (χ4n) is 1.83. The lowest BCUT2D eigenvalue weighted by Gasteiger charge is -2.40. The summed E-state index contributed by atoms with van der Waals surface area (Å²) < 4.78 is 37.0. The van der Waals surface area contributed by atoms with Crippen LogP contribution in [0, 0.1) is 0 Å². The van der Waals surface area contributed by atoms with Gasteiger partial charge >= 0.3 is 6.18 Å². The quantitative estimate of drug-likeness (QED) is 0.753. The fourth-order valence-corrected chi connectivity index (χ4v) is 1.83. The predicted octanol–water partition coefficient (Wildman–Crippen LogP) is 2.39. The van der Waals surface area contributed by atoms with E-state index in [0.717, 1.165) is 6.42 Å². The van der Waals surface area contributed by atoms with Gasteiger partial charge in [-0.25, -0.2) is 0 Å². The molecule has 0 heterocycles. The van der Waals surface area contributed by atoms with Gasteiger partial charge in [-0.2, -0.15) is 13.2 Å². The van der Waals surface area contributed by atoms with E-state index in [2.05, 4.69) is 0 Å². The molecule has 0 fully saturated rings. The number of rotatable bonds is 6. The van der Waals surface area contributed by atoms with Gasteiger partial charge in [0.1, 0.15) is 0 Å². The molecule has 0 aromatic rings. The topological polar surface area (TPSA) is 29.3 Å². The van der Waals surface area contributed by atoms with Crippen molar-refractivity contribution < 1.29 is 13.2 Å². The second kappa shape index (κ2) is 5.70. The molecule has 0 aromatic carbocycles. The van der Waals surface area contributed by atoms with Gasteiger partial charge in [-0.3, -0.25) is 4.90 Å². The Balaban J connectivity index is 4.60. The molecule has 0 saturated heterocycles. The van der Waals surface area contributed by atoms with Crippen LogP contribution in [0.2, 0.25) is 0 Å². The lowest BCUT2D eigenvalue weighted by molar-refractivity contribution is -0.157. The smallest absolute Gasteiger partial charge is 0.329 e. The first-order valence-corrected chi connectivity index (χ1v) is 5.31. The van der Waals surface area contributed by atoms with E-state index in [9.17, 15) is 13.2 Å². The average Bonchev–Trinajstić information content (AvgIpc) is 2.13. The molecular weight excluding hydrogens is 205 g/mol. The predicted molar refractivity (Wildman–Crippen MR) is 55.7 cm³/mol. The van der Waals surface area contributed by atoms with E-state index in [0.29, 0.717) is 13.0 Å². The Bertz CT molecular complexity index is 182. The highest BCUT2D eigenvalue weighted by atomic mass is 19.4. The molecule has 0 aliphatic heterocycles. The molecular formula is C10H21F3N2. The molecule has 0 aliphatic rings. The van der Waals surface area contributed by atoms with E-state index in [1.165, 1.54) is 4.90 Å². The summed E-state index contributed by atoms with van der Waals surface area (Å²) in [4.78, 5) is 1.41. The molecule has 0 rings (SSSR count). The van der Waals surface area contributed by atoms with E-state index in [1.54, 1.807) is 13.8 Å². The van der Waals surface area contributed by atoms with E-state index >= 15 is 0 Å². The maximum atomic E-state index is 12.3. The van der Waals surface area contributed by atoms with Gasteiger partial charge in [-0.1, -0.05) is 20.3 Å². The van der Waals surface area contributed by atoms with Gasteiger partial charge in [0.15, 0.2) is 0 Å². The number of nitrogens with two attached hydrogens (primary N) is 1. The van der Waals surface area contributed by atoms with Crippen LogP contribution in [0.1, 0.15) is 33.6 Å². The van der Waals surface area contributed by atoms with E-state index in [1.807, 2.05) is 6.92 Å². The Labute approximate surface area is 89.6 Å². The third-order valence-electron chi connectivity index (χ3n) is 2.74. The van der Waals surface area contributed by atoms with Crippen LogP contribution in [0.15, 0.2) is 0 Å². The van der Waals surface area contributed by atoms with Crippen molar-refractivity contribution in [1.29, 1.82) is 0 Å². The molecule has 0 radical (unpaired) electrons. The molecule has 15 heavy (non-hydrogen) atoms. The minimum Gasteiger partial charge on any atom is -0.329 e. The highest BCUT2D eigenvalue weighted by molar-refractivity contribution is 4.87. The van der Waals surface area contributed by atoms with Crippen LogP contribution in [-0.4, -0.2) is 36.2 Å². The first-order valence-electron chi connectivity index (χ1n) is 5.31. The Morgan fingerprint density at radius 3 is 2.00 bits per heavy atom. The second-order valence-corrected chi connectivity index (χ2v) is 4.08. The first-order chi connectivity index (χ1) is 6.79. The highest BCUT2D eigenvalue weighted by Crippen LogP contribution is 2.25. The largest absolute Gasteiger partial charge is 0.401 e. The van der Waals surface area contributed by atoms with Crippen LogP contribution in [0.25, 0.3) is 0 Å². The van der Waals surface area contributed by atoms with Crippen LogP contribution in [-0.2, 0) is 0 Å². The number of alkyl halides is 3. The summed E-state index contributed by atoms with van der Waals surface area (Å²) in [5.41, 5.74) is 5.04. The molecule has 92 valence electrons. The van der Waals surface area contributed by atoms with Crippen LogP contribution in [0.3, 0.4) is 0 Å². The zero-order valence-electron chi connectivity index (χ0n) is 9.69. The highest BCUT2D eigenvalue weighted by Gasteiger charge is 2.37. The zero-order valence-corrected chi connectivity index (χ0v) is 9.69. The van der Waals surface area contributed by atoms with Gasteiger partial charge in [0.05, 0.1) is 6.54 Å². The molecule has 1 unspecified atom stereocenters. The summed E-state index contributed by atoms with van der Waals surface area (Å²) in [6.07, 6.45) is -2.63. The summed E-state index contributed by atoms with van der Waals surface area (Å²) in [5.74, 6) is 0. The summed E-state index contributed by atoms with van der Waals surface area (Å²) in [7, 11) is 0. The minimum atomic E-state index is -4.15. The van der Waals surface area contributed by atoms with Crippen molar-refractivity contribution in [2.45, 2.75) is 45.3 Å². The maximum absolute atomic E-state index is 12.3. The number of nitrogens with zero attached hydrogens (tertiary/aromatic N) is 1. The molecule has 1 atom stereocenters. The van der Waals surface area contributed by atoms with Gasteiger partial charge in [0.25, 0.3) is 0 Å². The zero-order chi connectivity index (χ0) is 12.1. The molecule has 0 aromatic heterocycles. The minimum absolute atomic E-state index is 0.255. The second-order valence-electron chi connectivity index (χ2n) is 4.08. The van der Waals surface area contributed by atoms with Gasteiger partial charge in [-0.15, -0.1) is 0 Å². The Hall–Kier alpha value is -0.290. The van der Waals surface area contributed by atoms with E-state index < -0.39 is 18.3 Å². The standard InChI is InChI=1S/C10H21F3N2/c1-4-6-9(3,7-14)15(5-2)8-10(11,12)13/h4-8,14H2,1-3H3. The third-order valence-corrected chi connectivity index (χ3v) is 2.74. The Morgan fingerprint density at radius 1 is 1.20 bits per heavy atom. The third kappa shape index (κ3) is 4.84. The van der Waals surface area contributed by atoms with Gasteiger partial charge < -0.3 is 5.73 Å². The van der Waals surface area contributed by atoms with Crippen LogP contribution >= 0.6 is 0 Å². The number of likely N-dealkylation sites (N-methyl/N-ethyl adjacent to an activating group) is 1.